The topological polar surface area (TPSA) is 20.3 Å². The minimum Gasteiger partial charge on any atom is -0.336 e. The van der Waals surface area contributed by atoms with Crippen molar-refractivity contribution in [2.45, 2.75) is 19.9 Å². The summed E-state index contributed by atoms with van der Waals surface area (Å²) in [5.41, 5.74) is 0. The Balaban J connectivity index is 2.04. The highest BCUT2D eigenvalue weighted by Gasteiger charge is 2.14. The zero-order valence-corrected chi connectivity index (χ0v) is 13.5. The summed E-state index contributed by atoms with van der Waals surface area (Å²) in [7, 11) is 1.85. The van der Waals surface area contributed by atoms with E-state index in [9.17, 15) is 4.79 Å². The van der Waals surface area contributed by atoms with Crippen LogP contribution in [0.15, 0.2) is 28.1 Å². The number of carbonyl (C=O) groups is 1. The third kappa shape index (κ3) is 3.22. The first-order valence-corrected chi connectivity index (χ1v) is 8.16. The van der Waals surface area contributed by atoms with Crippen molar-refractivity contribution in [3.05, 3.63) is 42.7 Å². The summed E-state index contributed by atoms with van der Waals surface area (Å²) in [4.78, 5) is 17.2. The smallest absolute Gasteiger partial charge is 0.263 e. The molecule has 96 valence electrons. The van der Waals surface area contributed by atoms with Crippen molar-refractivity contribution < 1.29 is 4.79 Å². The Labute approximate surface area is 123 Å². The molecule has 0 spiro atoms. The number of hydrogen-bond donors (Lipinski definition) is 0. The van der Waals surface area contributed by atoms with E-state index in [4.69, 9.17) is 0 Å². The van der Waals surface area contributed by atoms with Crippen LogP contribution >= 0.6 is 38.6 Å². The van der Waals surface area contributed by atoms with E-state index in [0.717, 1.165) is 15.8 Å². The summed E-state index contributed by atoms with van der Waals surface area (Å²) in [6, 6.07) is 6.01. The molecule has 0 aliphatic rings. The Bertz CT molecular complexity index is 547. The molecule has 2 heterocycles. The summed E-state index contributed by atoms with van der Waals surface area (Å²) in [6.45, 7) is 2.77. The molecule has 0 unspecified atom stereocenters. The molecule has 2 nitrogen and oxygen atoms in total. The standard InChI is InChI=1S/C13H14BrNOS2/c1-3-10-4-5-12(18-10)13(16)15(2)7-11-6-9(14)8-17-11/h4-6,8H,3,7H2,1-2H3. The van der Waals surface area contributed by atoms with E-state index in [1.54, 1.807) is 27.6 Å². The fourth-order valence-corrected chi connectivity index (χ4v) is 4.06. The second kappa shape index (κ2) is 5.99. The van der Waals surface area contributed by atoms with Crippen molar-refractivity contribution in [2.24, 2.45) is 0 Å². The maximum absolute atomic E-state index is 12.2. The van der Waals surface area contributed by atoms with Gasteiger partial charge in [0.1, 0.15) is 0 Å². The molecule has 18 heavy (non-hydrogen) atoms. The van der Waals surface area contributed by atoms with E-state index in [1.165, 1.54) is 9.75 Å². The van der Waals surface area contributed by atoms with E-state index in [-0.39, 0.29) is 5.91 Å². The monoisotopic (exact) mass is 343 g/mol. The van der Waals surface area contributed by atoms with Crippen LogP contribution in [0, 0.1) is 0 Å². The lowest BCUT2D eigenvalue weighted by Crippen LogP contribution is -2.24. The second-order valence-corrected chi connectivity index (χ2v) is 7.09. The van der Waals surface area contributed by atoms with Gasteiger partial charge in [-0.1, -0.05) is 6.92 Å². The lowest BCUT2D eigenvalue weighted by atomic mass is 10.3. The number of nitrogens with zero attached hydrogens (tertiary/aromatic N) is 1. The molecule has 0 saturated heterocycles. The van der Waals surface area contributed by atoms with Crippen LogP contribution in [0.5, 0.6) is 0 Å². The normalized spacial score (nSPS) is 10.6. The van der Waals surface area contributed by atoms with Gasteiger partial charge in [0, 0.05) is 26.7 Å². The Morgan fingerprint density at radius 1 is 1.39 bits per heavy atom. The molecule has 2 aromatic heterocycles. The summed E-state index contributed by atoms with van der Waals surface area (Å²) in [5, 5.41) is 2.04. The number of amides is 1. The lowest BCUT2D eigenvalue weighted by molar-refractivity contribution is 0.0791. The average Bonchev–Trinajstić information content (AvgIpc) is 2.97. The Morgan fingerprint density at radius 2 is 2.17 bits per heavy atom. The summed E-state index contributed by atoms with van der Waals surface area (Å²) in [6.07, 6.45) is 0.986. The first kappa shape index (κ1) is 13.8. The van der Waals surface area contributed by atoms with Gasteiger partial charge in [-0.15, -0.1) is 22.7 Å². The Hall–Kier alpha value is -0.650. The number of thiophene rings is 2. The van der Waals surface area contributed by atoms with Crippen LogP contribution in [0.1, 0.15) is 26.3 Å². The highest BCUT2D eigenvalue weighted by Crippen LogP contribution is 2.23. The van der Waals surface area contributed by atoms with Gasteiger partial charge in [0.25, 0.3) is 5.91 Å². The summed E-state index contributed by atoms with van der Waals surface area (Å²) in [5.74, 6) is 0.101. The molecule has 0 saturated carbocycles. The molecular weight excluding hydrogens is 330 g/mol. The largest absolute Gasteiger partial charge is 0.336 e. The van der Waals surface area contributed by atoms with E-state index in [0.29, 0.717) is 6.54 Å². The molecule has 0 bridgehead atoms. The molecule has 2 aromatic rings. The maximum atomic E-state index is 12.2. The number of carbonyl (C=O) groups excluding carboxylic acids is 1. The molecule has 0 radical (unpaired) electrons. The van der Waals surface area contributed by atoms with Crippen molar-refractivity contribution >= 4 is 44.5 Å². The van der Waals surface area contributed by atoms with Crippen molar-refractivity contribution in [1.82, 2.24) is 4.90 Å². The minimum absolute atomic E-state index is 0.101. The molecule has 0 aliphatic heterocycles. The fraction of sp³-hybridized carbons (Fsp3) is 0.308. The summed E-state index contributed by atoms with van der Waals surface area (Å²) >= 11 is 6.68. The van der Waals surface area contributed by atoms with Crippen molar-refractivity contribution in [2.75, 3.05) is 7.05 Å². The van der Waals surface area contributed by atoms with Gasteiger partial charge in [-0.05, 0) is 40.5 Å². The van der Waals surface area contributed by atoms with Crippen LogP contribution in [0.25, 0.3) is 0 Å². The molecule has 0 atom stereocenters. The van der Waals surface area contributed by atoms with E-state index >= 15 is 0 Å². The van der Waals surface area contributed by atoms with Crippen LogP contribution < -0.4 is 0 Å². The van der Waals surface area contributed by atoms with Crippen molar-refractivity contribution in [3.8, 4) is 0 Å². The molecule has 1 amide bonds. The highest BCUT2D eigenvalue weighted by molar-refractivity contribution is 9.10. The van der Waals surface area contributed by atoms with Gasteiger partial charge in [-0.2, -0.15) is 0 Å². The van der Waals surface area contributed by atoms with Gasteiger partial charge in [0.05, 0.1) is 11.4 Å². The lowest BCUT2D eigenvalue weighted by Gasteiger charge is -2.14. The predicted octanol–water partition coefficient (Wildman–Crippen LogP) is 4.41. The third-order valence-electron chi connectivity index (χ3n) is 2.58. The SMILES string of the molecule is CCc1ccc(C(=O)N(C)Cc2cc(Br)cs2)s1. The molecule has 0 fully saturated rings. The minimum atomic E-state index is 0.101. The molecule has 2 rings (SSSR count). The molecule has 0 aromatic carbocycles. The van der Waals surface area contributed by atoms with Crippen molar-refractivity contribution in [3.63, 3.8) is 0 Å². The summed E-state index contributed by atoms with van der Waals surface area (Å²) < 4.78 is 1.08. The van der Waals surface area contributed by atoms with E-state index < -0.39 is 0 Å². The van der Waals surface area contributed by atoms with Crippen LogP contribution in [0.2, 0.25) is 0 Å². The van der Waals surface area contributed by atoms with E-state index in [2.05, 4.69) is 28.9 Å². The molecule has 0 N–H and O–H groups in total. The Morgan fingerprint density at radius 3 is 2.72 bits per heavy atom. The van der Waals surface area contributed by atoms with Crippen LogP contribution in [0.4, 0.5) is 0 Å². The molecular formula is C13H14BrNOS2. The first-order chi connectivity index (χ1) is 8.60. The zero-order chi connectivity index (χ0) is 13.1. The maximum Gasteiger partial charge on any atom is 0.263 e. The van der Waals surface area contributed by atoms with Gasteiger partial charge < -0.3 is 4.90 Å². The Kier molecular flexibility index (Phi) is 4.59. The third-order valence-corrected chi connectivity index (χ3v) is 5.48. The van der Waals surface area contributed by atoms with Gasteiger partial charge in [0.15, 0.2) is 0 Å². The van der Waals surface area contributed by atoms with Crippen LogP contribution in [-0.4, -0.2) is 17.9 Å². The average molecular weight is 344 g/mol. The molecule has 5 heteroatoms. The predicted molar refractivity (Wildman–Crippen MR) is 81.5 cm³/mol. The number of hydrogen-bond acceptors (Lipinski definition) is 3. The second-order valence-electron chi connectivity index (χ2n) is 4.01. The zero-order valence-electron chi connectivity index (χ0n) is 10.3. The fourth-order valence-electron chi connectivity index (χ4n) is 1.61. The highest BCUT2D eigenvalue weighted by atomic mass is 79.9. The first-order valence-electron chi connectivity index (χ1n) is 5.67. The van der Waals surface area contributed by atoms with Gasteiger partial charge in [0.2, 0.25) is 0 Å². The molecule has 0 aliphatic carbocycles. The van der Waals surface area contributed by atoms with Gasteiger partial charge in [-0.25, -0.2) is 0 Å². The number of rotatable bonds is 4. The van der Waals surface area contributed by atoms with Crippen LogP contribution in [0.3, 0.4) is 0 Å². The van der Waals surface area contributed by atoms with Gasteiger partial charge >= 0.3 is 0 Å². The number of halogens is 1. The van der Waals surface area contributed by atoms with E-state index in [1.807, 2.05) is 24.6 Å². The van der Waals surface area contributed by atoms with Gasteiger partial charge in [-0.3, -0.25) is 4.79 Å². The quantitative estimate of drug-likeness (QED) is 0.805. The number of aryl methyl sites for hydroxylation is 1. The van der Waals surface area contributed by atoms with Crippen LogP contribution in [-0.2, 0) is 13.0 Å². The van der Waals surface area contributed by atoms with Crippen molar-refractivity contribution in [1.29, 1.82) is 0 Å².